The molecule has 0 aromatic heterocycles. The van der Waals surface area contributed by atoms with Crippen molar-refractivity contribution in [3.05, 3.63) is 41.0 Å². The molecule has 0 aliphatic carbocycles. The van der Waals surface area contributed by atoms with Crippen LogP contribution in [0.3, 0.4) is 0 Å². The quantitative estimate of drug-likeness (QED) is 0.618. The van der Waals surface area contributed by atoms with Gasteiger partial charge in [0.15, 0.2) is 0 Å². The molecule has 1 amide bonds. The molecule has 0 unspecified atom stereocenters. The summed E-state index contributed by atoms with van der Waals surface area (Å²) in [5.74, 6) is -1.12. The molecule has 114 valence electrons. The monoisotopic (exact) mass is 291 g/mol. The van der Waals surface area contributed by atoms with Gasteiger partial charge in [0.2, 0.25) is 0 Å². The van der Waals surface area contributed by atoms with Gasteiger partial charge in [-0.2, -0.15) is 0 Å². The van der Waals surface area contributed by atoms with Crippen molar-refractivity contribution in [2.75, 3.05) is 26.8 Å². The van der Waals surface area contributed by atoms with Gasteiger partial charge in [-0.1, -0.05) is 6.07 Å². The van der Waals surface area contributed by atoms with Gasteiger partial charge in [-0.25, -0.2) is 4.79 Å². The van der Waals surface area contributed by atoms with Crippen LogP contribution in [0.15, 0.2) is 24.3 Å². The number of aliphatic carboxylic acids is 1. The molecule has 0 saturated carbocycles. The van der Waals surface area contributed by atoms with Gasteiger partial charge in [0.05, 0.1) is 6.61 Å². The van der Waals surface area contributed by atoms with E-state index < -0.39 is 5.97 Å². The van der Waals surface area contributed by atoms with Gasteiger partial charge >= 0.3 is 5.97 Å². The molecule has 0 aliphatic rings. The minimum Gasteiger partial charge on any atom is -0.478 e. The van der Waals surface area contributed by atoms with Crippen molar-refractivity contribution in [2.45, 2.75) is 13.8 Å². The van der Waals surface area contributed by atoms with Gasteiger partial charge in [-0.05, 0) is 43.2 Å². The number of likely N-dealkylation sites (N-methyl/N-ethyl adjacent to an activating group) is 1. The summed E-state index contributed by atoms with van der Waals surface area (Å²) in [6.45, 7) is 5.41. The Hall–Kier alpha value is -2.14. The van der Waals surface area contributed by atoms with Crippen LogP contribution in [0.1, 0.15) is 28.4 Å². The molecule has 0 bridgehead atoms. The summed E-state index contributed by atoms with van der Waals surface area (Å²) >= 11 is 0. The molecule has 0 fully saturated rings. The number of ether oxygens (including phenoxy) is 1. The van der Waals surface area contributed by atoms with Crippen molar-refractivity contribution < 1.29 is 19.4 Å². The summed E-state index contributed by atoms with van der Waals surface area (Å²) in [5, 5.41) is 8.66. The standard InChI is InChI=1S/C16H21NO4/c1-4-21-8-7-17(3)16(20)14-10-12(2)9-13(11-14)5-6-15(18)19/h5-6,9-11H,4,7-8H2,1-3H3,(H,18,19)/b6-5+. The second-order valence-electron chi connectivity index (χ2n) is 4.73. The first kappa shape index (κ1) is 16.9. The van der Waals surface area contributed by atoms with E-state index in [0.717, 1.165) is 11.6 Å². The zero-order valence-corrected chi connectivity index (χ0v) is 12.6. The molecule has 1 aromatic rings. The number of rotatable bonds is 7. The average Bonchev–Trinajstić information content (AvgIpc) is 2.44. The highest BCUT2D eigenvalue weighted by Crippen LogP contribution is 2.13. The third-order valence-corrected chi connectivity index (χ3v) is 2.89. The Labute approximate surface area is 124 Å². The molecule has 5 heteroatoms. The summed E-state index contributed by atoms with van der Waals surface area (Å²) in [6, 6.07) is 5.31. The van der Waals surface area contributed by atoms with Crippen LogP contribution in [-0.2, 0) is 9.53 Å². The van der Waals surface area contributed by atoms with Gasteiger partial charge in [0.25, 0.3) is 5.91 Å². The Morgan fingerprint density at radius 3 is 2.67 bits per heavy atom. The number of carbonyl (C=O) groups excluding carboxylic acids is 1. The van der Waals surface area contributed by atoms with Gasteiger partial charge in [-0.15, -0.1) is 0 Å². The predicted molar refractivity (Wildman–Crippen MR) is 81.3 cm³/mol. The normalized spacial score (nSPS) is 10.8. The SMILES string of the molecule is CCOCCN(C)C(=O)c1cc(C)cc(/C=C/C(=O)O)c1. The van der Waals surface area contributed by atoms with E-state index in [2.05, 4.69) is 0 Å². The number of benzene rings is 1. The third kappa shape index (κ3) is 5.79. The van der Waals surface area contributed by atoms with Crippen molar-refractivity contribution in [1.82, 2.24) is 4.90 Å². The maximum atomic E-state index is 12.3. The lowest BCUT2D eigenvalue weighted by Crippen LogP contribution is -2.30. The van der Waals surface area contributed by atoms with Gasteiger partial charge in [0, 0.05) is 31.8 Å². The molecular formula is C16H21NO4. The smallest absolute Gasteiger partial charge is 0.328 e. The highest BCUT2D eigenvalue weighted by atomic mass is 16.5. The summed E-state index contributed by atoms with van der Waals surface area (Å²) in [5.41, 5.74) is 2.14. The zero-order valence-electron chi connectivity index (χ0n) is 12.6. The van der Waals surface area contributed by atoms with Crippen molar-refractivity contribution in [2.24, 2.45) is 0 Å². The Kier molecular flexibility index (Phi) is 6.62. The summed E-state index contributed by atoms with van der Waals surface area (Å²) in [6.07, 6.45) is 2.54. The number of amides is 1. The van der Waals surface area contributed by atoms with Crippen LogP contribution >= 0.6 is 0 Å². The zero-order chi connectivity index (χ0) is 15.8. The molecule has 1 N–H and O–H groups in total. The number of nitrogens with zero attached hydrogens (tertiary/aromatic N) is 1. The lowest BCUT2D eigenvalue weighted by molar-refractivity contribution is -0.131. The van der Waals surface area contributed by atoms with Crippen LogP contribution < -0.4 is 0 Å². The average molecular weight is 291 g/mol. The Morgan fingerprint density at radius 1 is 1.33 bits per heavy atom. The molecule has 0 aliphatic heterocycles. The first-order valence-corrected chi connectivity index (χ1v) is 6.80. The fourth-order valence-corrected chi connectivity index (χ4v) is 1.87. The highest BCUT2D eigenvalue weighted by Gasteiger charge is 2.12. The van der Waals surface area contributed by atoms with E-state index in [9.17, 15) is 9.59 Å². The van der Waals surface area contributed by atoms with Crippen molar-refractivity contribution in [3.63, 3.8) is 0 Å². The van der Waals surface area contributed by atoms with Gasteiger partial charge in [0.1, 0.15) is 0 Å². The van der Waals surface area contributed by atoms with Crippen molar-refractivity contribution in [3.8, 4) is 0 Å². The first-order valence-electron chi connectivity index (χ1n) is 6.80. The number of carboxylic acids is 1. The van der Waals surface area contributed by atoms with Crippen LogP contribution in [-0.4, -0.2) is 48.7 Å². The highest BCUT2D eigenvalue weighted by molar-refractivity contribution is 5.95. The second-order valence-corrected chi connectivity index (χ2v) is 4.73. The molecule has 0 radical (unpaired) electrons. The Morgan fingerprint density at radius 2 is 2.05 bits per heavy atom. The van der Waals surface area contributed by atoms with E-state index >= 15 is 0 Å². The van der Waals surface area contributed by atoms with Crippen LogP contribution in [0.5, 0.6) is 0 Å². The van der Waals surface area contributed by atoms with E-state index in [-0.39, 0.29) is 5.91 Å². The Balaban J connectivity index is 2.86. The molecule has 5 nitrogen and oxygen atoms in total. The largest absolute Gasteiger partial charge is 0.478 e. The Bertz CT molecular complexity index is 537. The molecule has 1 aromatic carbocycles. The number of carboxylic acid groups (broad SMARTS) is 1. The lowest BCUT2D eigenvalue weighted by atomic mass is 10.1. The molecule has 0 atom stereocenters. The van der Waals surface area contributed by atoms with Gasteiger partial charge in [-0.3, -0.25) is 4.79 Å². The maximum Gasteiger partial charge on any atom is 0.328 e. The maximum absolute atomic E-state index is 12.3. The van der Waals surface area contributed by atoms with E-state index in [0.29, 0.717) is 30.9 Å². The van der Waals surface area contributed by atoms with E-state index in [1.54, 1.807) is 24.1 Å². The number of carbonyl (C=O) groups is 2. The molecule has 0 heterocycles. The van der Waals surface area contributed by atoms with Crippen LogP contribution in [0.2, 0.25) is 0 Å². The second kappa shape index (κ2) is 8.21. The van der Waals surface area contributed by atoms with Gasteiger partial charge < -0.3 is 14.7 Å². The van der Waals surface area contributed by atoms with Crippen LogP contribution in [0.25, 0.3) is 6.08 Å². The molecule has 0 saturated heterocycles. The van der Waals surface area contributed by atoms with E-state index in [1.807, 2.05) is 19.9 Å². The number of aryl methyl sites for hydroxylation is 1. The minimum absolute atomic E-state index is 0.108. The lowest BCUT2D eigenvalue weighted by Gasteiger charge is -2.17. The minimum atomic E-state index is -1.02. The molecule has 1 rings (SSSR count). The van der Waals surface area contributed by atoms with Crippen LogP contribution in [0, 0.1) is 6.92 Å². The number of hydrogen-bond donors (Lipinski definition) is 1. The van der Waals surface area contributed by atoms with E-state index in [1.165, 1.54) is 6.08 Å². The van der Waals surface area contributed by atoms with Crippen molar-refractivity contribution >= 4 is 18.0 Å². The van der Waals surface area contributed by atoms with Crippen LogP contribution in [0.4, 0.5) is 0 Å². The molecular weight excluding hydrogens is 270 g/mol. The topological polar surface area (TPSA) is 66.8 Å². The summed E-state index contributed by atoms with van der Waals surface area (Å²) < 4.78 is 5.23. The fourth-order valence-electron chi connectivity index (χ4n) is 1.87. The summed E-state index contributed by atoms with van der Waals surface area (Å²) in [4.78, 5) is 24.5. The fraction of sp³-hybridized carbons (Fsp3) is 0.375. The first-order chi connectivity index (χ1) is 9.93. The summed E-state index contributed by atoms with van der Waals surface area (Å²) in [7, 11) is 1.72. The van der Waals surface area contributed by atoms with Crippen molar-refractivity contribution in [1.29, 1.82) is 0 Å². The molecule has 21 heavy (non-hydrogen) atoms. The number of hydrogen-bond acceptors (Lipinski definition) is 3. The molecule has 0 spiro atoms. The third-order valence-electron chi connectivity index (χ3n) is 2.89. The van der Waals surface area contributed by atoms with E-state index in [4.69, 9.17) is 9.84 Å². The predicted octanol–water partition coefficient (Wildman–Crippen LogP) is 2.20.